The molecule has 0 saturated carbocycles. The van der Waals surface area contributed by atoms with E-state index in [4.69, 9.17) is 9.47 Å². The number of rotatable bonds is 5. The highest BCUT2D eigenvalue weighted by atomic mass is 16.5. The minimum absolute atomic E-state index is 0.387. The van der Waals surface area contributed by atoms with Gasteiger partial charge >= 0.3 is 0 Å². The molecule has 2 atom stereocenters. The van der Waals surface area contributed by atoms with Crippen molar-refractivity contribution in [1.82, 2.24) is 5.32 Å². The molecular weight excluding hydrogens is 348 g/mol. The van der Waals surface area contributed by atoms with E-state index in [2.05, 4.69) is 5.32 Å². The molecule has 1 aliphatic heterocycles. The van der Waals surface area contributed by atoms with Crippen LogP contribution in [0.25, 0.3) is 0 Å². The van der Waals surface area contributed by atoms with Gasteiger partial charge in [0.25, 0.3) is 5.91 Å². The molecule has 7 nitrogen and oxygen atoms in total. The van der Waals surface area contributed by atoms with E-state index in [1.165, 1.54) is 26.0 Å². The smallest absolute Gasteiger partial charge is 0.260 e. The molecule has 0 aliphatic carbocycles. The van der Waals surface area contributed by atoms with Gasteiger partial charge in [-0.3, -0.25) is 9.59 Å². The Kier molecular flexibility index (Phi) is 4.80. The molecule has 0 unspecified atom stereocenters. The Hall–Kier alpha value is -3.06. The van der Waals surface area contributed by atoms with Crippen molar-refractivity contribution >= 4 is 17.5 Å². The number of carbonyl (C=O) groups excluding carboxylic acids is 2. The van der Waals surface area contributed by atoms with E-state index >= 15 is 0 Å². The summed E-state index contributed by atoms with van der Waals surface area (Å²) in [5.74, 6) is 0.0810. The summed E-state index contributed by atoms with van der Waals surface area (Å²) in [4.78, 5) is 26.7. The van der Waals surface area contributed by atoms with Crippen LogP contribution in [0.5, 0.6) is 11.5 Å². The first-order valence-corrected chi connectivity index (χ1v) is 8.42. The molecule has 2 amide bonds. The number of para-hydroxylation sites is 1. The molecule has 0 aromatic heterocycles. The number of anilines is 1. The molecule has 0 saturated heterocycles. The highest BCUT2D eigenvalue weighted by Gasteiger charge is 2.56. The van der Waals surface area contributed by atoms with Crippen molar-refractivity contribution in [3.8, 4) is 11.5 Å². The number of hydrogen-bond acceptors (Lipinski definition) is 5. The minimum Gasteiger partial charge on any atom is -0.497 e. The summed E-state index contributed by atoms with van der Waals surface area (Å²) in [6, 6.07) is 12.0. The van der Waals surface area contributed by atoms with Crippen molar-refractivity contribution in [2.24, 2.45) is 0 Å². The summed E-state index contributed by atoms with van der Waals surface area (Å²) in [6.07, 6.45) is -1.36. The Morgan fingerprint density at radius 1 is 1.15 bits per heavy atom. The predicted molar refractivity (Wildman–Crippen MR) is 99.9 cm³/mol. The van der Waals surface area contributed by atoms with Crippen LogP contribution in [-0.2, 0) is 15.1 Å². The first kappa shape index (κ1) is 18.7. The van der Waals surface area contributed by atoms with Gasteiger partial charge in [0, 0.05) is 31.3 Å². The fourth-order valence-corrected chi connectivity index (χ4v) is 3.56. The highest BCUT2D eigenvalue weighted by molar-refractivity contribution is 6.09. The molecule has 2 N–H and O–H groups in total. The van der Waals surface area contributed by atoms with Gasteiger partial charge < -0.3 is 24.8 Å². The fourth-order valence-electron chi connectivity index (χ4n) is 3.56. The average Bonchev–Trinajstić information content (AvgIpc) is 2.89. The van der Waals surface area contributed by atoms with Crippen LogP contribution in [-0.4, -0.2) is 38.2 Å². The lowest BCUT2D eigenvalue weighted by Gasteiger charge is -2.34. The number of benzene rings is 2. The van der Waals surface area contributed by atoms with E-state index in [0.29, 0.717) is 28.3 Å². The molecule has 1 aliphatic rings. The Morgan fingerprint density at radius 2 is 1.74 bits per heavy atom. The Labute approximate surface area is 157 Å². The first-order valence-electron chi connectivity index (χ1n) is 8.42. The third kappa shape index (κ3) is 2.90. The molecule has 2 aromatic rings. The molecule has 7 heteroatoms. The van der Waals surface area contributed by atoms with Crippen LogP contribution in [0.3, 0.4) is 0 Å². The summed E-state index contributed by atoms with van der Waals surface area (Å²) in [7, 11) is 4.61. The number of carbonyl (C=O) groups is 2. The third-order valence-corrected chi connectivity index (χ3v) is 4.81. The number of fused-ring (bicyclic) bond motifs is 1. The van der Waals surface area contributed by atoms with Gasteiger partial charge in [-0.2, -0.15) is 0 Å². The van der Waals surface area contributed by atoms with Crippen LogP contribution in [0.1, 0.15) is 24.2 Å². The number of nitrogens with one attached hydrogen (secondary N) is 1. The van der Waals surface area contributed by atoms with Crippen LogP contribution >= 0.6 is 0 Å². The molecule has 0 radical (unpaired) electrons. The first-order chi connectivity index (χ1) is 12.8. The molecule has 0 spiro atoms. The lowest BCUT2D eigenvalue weighted by atomic mass is 9.81. The quantitative estimate of drug-likeness (QED) is 0.837. The zero-order valence-corrected chi connectivity index (χ0v) is 15.6. The van der Waals surface area contributed by atoms with E-state index < -0.39 is 23.5 Å². The molecule has 3 rings (SSSR count). The van der Waals surface area contributed by atoms with Crippen molar-refractivity contribution in [3.63, 3.8) is 0 Å². The van der Waals surface area contributed by atoms with E-state index in [1.54, 1.807) is 49.5 Å². The molecule has 2 aromatic carbocycles. The van der Waals surface area contributed by atoms with E-state index in [9.17, 15) is 14.7 Å². The van der Waals surface area contributed by atoms with Gasteiger partial charge in [-0.1, -0.05) is 18.2 Å². The van der Waals surface area contributed by atoms with Crippen molar-refractivity contribution in [3.05, 3.63) is 53.6 Å². The second-order valence-corrected chi connectivity index (χ2v) is 6.42. The van der Waals surface area contributed by atoms with Crippen molar-refractivity contribution in [2.45, 2.75) is 18.6 Å². The molecule has 0 bridgehead atoms. The zero-order chi connectivity index (χ0) is 19.8. The number of ether oxygens (including phenoxy) is 2. The number of likely N-dealkylation sites (N-methyl/N-ethyl adjacent to an activating group) is 1. The van der Waals surface area contributed by atoms with Gasteiger partial charge in [-0.25, -0.2) is 0 Å². The van der Waals surface area contributed by atoms with Crippen LogP contribution in [0.15, 0.2) is 42.5 Å². The van der Waals surface area contributed by atoms with Gasteiger partial charge in [0.1, 0.15) is 17.6 Å². The van der Waals surface area contributed by atoms with Gasteiger partial charge in [0.2, 0.25) is 5.91 Å². The maximum Gasteiger partial charge on any atom is 0.260 e. The maximum atomic E-state index is 13.2. The summed E-state index contributed by atoms with van der Waals surface area (Å²) in [5, 5.41) is 14.0. The maximum absolute atomic E-state index is 13.2. The molecule has 1 heterocycles. The summed E-state index contributed by atoms with van der Waals surface area (Å²) in [6.45, 7) is 1.31. The van der Waals surface area contributed by atoms with Gasteiger partial charge in [0.05, 0.1) is 14.2 Å². The minimum atomic E-state index is -1.64. The van der Waals surface area contributed by atoms with Crippen LogP contribution in [0.4, 0.5) is 5.69 Å². The number of aliphatic hydroxyl groups is 1. The monoisotopic (exact) mass is 370 g/mol. The Balaban J connectivity index is 2.23. The van der Waals surface area contributed by atoms with E-state index in [1.807, 2.05) is 0 Å². The van der Waals surface area contributed by atoms with Crippen LogP contribution < -0.4 is 19.7 Å². The van der Waals surface area contributed by atoms with Gasteiger partial charge in [-0.05, 0) is 23.8 Å². The van der Waals surface area contributed by atoms with Crippen LogP contribution in [0.2, 0.25) is 0 Å². The molecule has 0 fully saturated rings. The van der Waals surface area contributed by atoms with E-state index in [-0.39, 0.29) is 0 Å². The summed E-state index contributed by atoms with van der Waals surface area (Å²) >= 11 is 0. The van der Waals surface area contributed by atoms with Crippen LogP contribution in [0, 0.1) is 0 Å². The molecule has 142 valence electrons. The SMILES string of the molecule is COc1cc(OC)cc([C@H](O)[C@@]2(NC(C)=O)C(=O)N(C)c3ccccc32)c1. The number of nitrogens with zero attached hydrogens (tertiary/aromatic N) is 1. The molecular formula is C20H22N2O5. The normalized spacial score (nSPS) is 19.4. The standard InChI is InChI=1S/C20H22N2O5/c1-12(23)21-20(16-7-5-6-8-17(16)22(2)19(20)25)18(24)13-9-14(26-3)11-15(10-13)27-4/h5-11,18,24H,1-4H3,(H,21,23)/t18-,20+/m0/s1. The lowest BCUT2D eigenvalue weighted by molar-refractivity contribution is -0.135. The largest absolute Gasteiger partial charge is 0.497 e. The van der Waals surface area contributed by atoms with Crippen molar-refractivity contribution in [2.75, 3.05) is 26.2 Å². The highest BCUT2D eigenvalue weighted by Crippen LogP contribution is 2.47. The number of methoxy groups -OCH3 is 2. The fraction of sp³-hybridized carbons (Fsp3) is 0.300. The number of hydrogen-bond donors (Lipinski definition) is 2. The summed E-state index contributed by atoms with van der Waals surface area (Å²) < 4.78 is 10.5. The second kappa shape index (κ2) is 6.92. The number of amides is 2. The zero-order valence-electron chi connectivity index (χ0n) is 15.6. The number of aliphatic hydroxyl groups excluding tert-OH is 1. The summed E-state index contributed by atoms with van der Waals surface area (Å²) in [5.41, 5.74) is -0.0975. The van der Waals surface area contributed by atoms with Gasteiger partial charge in [-0.15, -0.1) is 0 Å². The topological polar surface area (TPSA) is 88.1 Å². The lowest BCUT2D eigenvalue weighted by Crippen LogP contribution is -2.55. The van der Waals surface area contributed by atoms with Crippen molar-refractivity contribution in [1.29, 1.82) is 0 Å². The third-order valence-electron chi connectivity index (χ3n) is 4.81. The predicted octanol–water partition coefficient (Wildman–Crippen LogP) is 1.75. The van der Waals surface area contributed by atoms with Crippen molar-refractivity contribution < 1.29 is 24.2 Å². The Morgan fingerprint density at radius 3 is 2.30 bits per heavy atom. The second-order valence-electron chi connectivity index (χ2n) is 6.42. The van der Waals surface area contributed by atoms with Gasteiger partial charge in [0.15, 0.2) is 5.54 Å². The van der Waals surface area contributed by atoms with E-state index in [0.717, 1.165) is 0 Å². The molecule has 27 heavy (non-hydrogen) atoms. The average molecular weight is 370 g/mol. The Bertz CT molecular complexity index is 875.